The SMILES string of the molecule is CC(O)c1cc(CC2CCOCC2)ccc1N. The molecule has 0 radical (unpaired) electrons. The van der Waals surface area contributed by atoms with Gasteiger partial charge in [0.2, 0.25) is 0 Å². The summed E-state index contributed by atoms with van der Waals surface area (Å²) in [6.45, 7) is 3.51. The summed E-state index contributed by atoms with van der Waals surface area (Å²) in [5.74, 6) is 0.703. The molecular formula is C14H21NO2. The fourth-order valence-electron chi connectivity index (χ4n) is 2.40. The van der Waals surface area contributed by atoms with Gasteiger partial charge in [0, 0.05) is 24.5 Å². The summed E-state index contributed by atoms with van der Waals surface area (Å²) in [6.07, 6.45) is 2.83. The zero-order valence-corrected chi connectivity index (χ0v) is 10.4. The van der Waals surface area contributed by atoms with Crippen molar-refractivity contribution in [2.24, 2.45) is 5.92 Å². The van der Waals surface area contributed by atoms with Crippen LogP contribution in [0.15, 0.2) is 18.2 Å². The molecule has 0 aliphatic carbocycles. The van der Waals surface area contributed by atoms with Gasteiger partial charge in [0.1, 0.15) is 0 Å². The maximum Gasteiger partial charge on any atom is 0.0781 e. The Balaban J connectivity index is 2.07. The number of hydrogen-bond donors (Lipinski definition) is 2. The largest absolute Gasteiger partial charge is 0.398 e. The van der Waals surface area contributed by atoms with Crippen molar-refractivity contribution >= 4 is 5.69 Å². The molecule has 3 nitrogen and oxygen atoms in total. The minimum atomic E-state index is -0.496. The summed E-state index contributed by atoms with van der Waals surface area (Å²) in [6, 6.07) is 6.00. The van der Waals surface area contributed by atoms with Crippen molar-refractivity contribution in [1.82, 2.24) is 0 Å². The van der Waals surface area contributed by atoms with E-state index in [9.17, 15) is 5.11 Å². The minimum Gasteiger partial charge on any atom is -0.398 e. The minimum absolute atomic E-state index is 0.496. The normalized spacial score (nSPS) is 19.2. The molecule has 17 heavy (non-hydrogen) atoms. The van der Waals surface area contributed by atoms with E-state index in [1.165, 1.54) is 5.56 Å². The highest BCUT2D eigenvalue weighted by Gasteiger charge is 2.15. The van der Waals surface area contributed by atoms with Crippen LogP contribution in [0.5, 0.6) is 0 Å². The van der Waals surface area contributed by atoms with Crippen LogP contribution in [-0.2, 0) is 11.2 Å². The molecule has 1 saturated heterocycles. The van der Waals surface area contributed by atoms with Crippen LogP contribution in [-0.4, -0.2) is 18.3 Å². The molecule has 3 N–H and O–H groups in total. The topological polar surface area (TPSA) is 55.5 Å². The van der Waals surface area contributed by atoms with Crippen molar-refractivity contribution in [3.63, 3.8) is 0 Å². The van der Waals surface area contributed by atoms with E-state index in [2.05, 4.69) is 6.07 Å². The lowest BCUT2D eigenvalue weighted by Crippen LogP contribution is -2.17. The molecule has 94 valence electrons. The highest BCUT2D eigenvalue weighted by atomic mass is 16.5. The van der Waals surface area contributed by atoms with Gasteiger partial charge in [0.25, 0.3) is 0 Å². The second-order valence-corrected chi connectivity index (χ2v) is 4.90. The van der Waals surface area contributed by atoms with Gasteiger partial charge in [0.15, 0.2) is 0 Å². The molecule has 1 atom stereocenters. The number of nitrogen functional groups attached to an aromatic ring is 1. The summed E-state index contributed by atoms with van der Waals surface area (Å²) in [7, 11) is 0. The molecule has 0 amide bonds. The van der Waals surface area contributed by atoms with Gasteiger partial charge in [-0.2, -0.15) is 0 Å². The molecule has 1 aliphatic rings. The quantitative estimate of drug-likeness (QED) is 0.790. The first-order chi connectivity index (χ1) is 8.16. The number of aliphatic hydroxyl groups is 1. The maximum absolute atomic E-state index is 9.63. The molecule has 0 bridgehead atoms. The predicted molar refractivity (Wildman–Crippen MR) is 68.7 cm³/mol. The lowest BCUT2D eigenvalue weighted by Gasteiger charge is -2.22. The smallest absolute Gasteiger partial charge is 0.0781 e. The van der Waals surface area contributed by atoms with E-state index in [1.807, 2.05) is 12.1 Å². The third-order valence-electron chi connectivity index (χ3n) is 3.47. The van der Waals surface area contributed by atoms with Crippen LogP contribution in [0.4, 0.5) is 5.69 Å². The third-order valence-corrected chi connectivity index (χ3v) is 3.47. The first kappa shape index (κ1) is 12.4. The molecule has 3 heteroatoms. The second kappa shape index (κ2) is 5.52. The number of ether oxygens (including phenoxy) is 1. The summed E-state index contributed by atoms with van der Waals surface area (Å²) < 4.78 is 5.36. The Bertz CT molecular complexity index is 370. The molecule has 1 aromatic carbocycles. The van der Waals surface area contributed by atoms with Crippen molar-refractivity contribution in [3.05, 3.63) is 29.3 Å². The molecule has 0 spiro atoms. The molecule has 1 unspecified atom stereocenters. The van der Waals surface area contributed by atoms with Crippen molar-refractivity contribution in [2.75, 3.05) is 18.9 Å². The summed E-state index contributed by atoms with van der Waals surface area (Å²) >= 11 is 0. The Morgan fingerprint density at radius 3 is 2.76 bits per heavy atom. The Morgan fingerprint density at radius 2 is 2.12 bits per heavy atom. The zero-order valence-electron chi connectivity index (χ0n) is 10.4. The van der Waals surface area contributed by atoms with E-state index in [-0.39, 0.29) is 0 Å². The number of anilines is 1. The van der Waals surface area contributed by atoms with Crippen molar-refractivity contribution in [3.8, 4) is 0 Å². The van der Waals surface area contributed by atoms with Gasteiger partial charge in [-0.15, -0.1) is 0 Å². The van der Waals surface area contributed by atoms with Gasteiger partial charge >= 0.3 is 0 Å². The average molecular weight is 235 g/mol. The standard InChI is InChI=1S/C14H21NO2/c1-10(16)13-9-12(2-3-14(13)15)8-11-4-6-17-7-5-11/h2-3,9-11,16H,4-8,15H2,1H3. The van der Waals surface area contributed by atoms with Gasteiger partial charge < -0.3 is 15.6 Å². The molecule has 1 heterocycles. The Kier molecular flexibility index (Phi) is 4.02. The van der Waals surface area contributed by atoms with E-state index in [0.717, 1.165) is 38.0 Å². The number of benzene rings is 1. The van der Waals surface area contributed by atoms with E-state index < -0.39 is 6.10 Å². The number of aliphatic hydroxyl groups excluding tert-OH is 1. The number of rotatable bonds is 3. The van der Waals surface area contributed by atoms with Crippen LogP contribution >= 0.6 is 0 Å². The van der Waals surface area contributed by atoms with Crippen LogP contribution < -0.4 is 5.73 Å². The van der Waals surface area contributed by atoms with E-state index in [4.69, 9.17) is 10.5 Å². The van der Waals surface area contributed by atoms with Crippen molar-refractivity contribution in [1.29, 1.82) is 0 Å². The first-order valence-electron chi connectivity index (χ1n) is 6.31. The fourth-order valence-corrected chi connectivity index (χ4v) is 2.40. The van der Waals surface area contributed by atoms with Gasteiger partial charge in [-0.05, 0) is 43.7 Å². The number of hydrogen-bond acceptors (Lipinski definition) is 3. The molecule has 1 aliphatic heterocycles. The first-order valence-corrected chi connectivity index (χ1v) is 6.31. The van der Waals surface area contributed by atoms with Gasteiger partial charge in [-0.1, -0.05) is 12.1 Å². The lowest BCUT2D eigenvalue weighted by molar-refractivity contribution is 0.0665. The molecule has 2 rings (SSSR count). The predicted octanol–water partition coefficient (Wildman–Crippen LogP) is 2.29. The Labute approximate surface area is 103 Å². The van der Waals surface area contributed by atoms with Gasteiger partial charge in [0.05, 0.1) is 6.10 Å². The molecular weight excluding hydrogens is 214 g/mol. The van der Waals surface area contributed by atoms with Gasteiger partial charge in [-0.25, -0.2) is 0 Å². The second-order valence-electron chi connectivity index (χ2n) is 4.90. The zero-order chi connectivity index (χ0) is 12.3. The molecule has 0 aromatic heterocycles. The lowest BCUT2D eigenvalue weighted by atomic mass is 9.91. The highest BCUT2D eigenvalue weighted by Crippen LogP contribution is 2.25. The van der Waals surface area contributed by atoms with E-state index in [0.29, 0.717) is 11.6 Å². The summed E-state index contributed by atoms with van der Waals surface area (Å²) in [5, 5.41) is 9.63. The van der Waals surface area contributed by atoms with Crippen molar-refractivity contribution in [2.45, 2.75) is 32.3 Å². The van der Waals surface area contributed by atoms with Crippen molar-refractivity contribution < 1.29 is 9.84 Å². The Morgan fingerprint density at radius 1 is 1.41 bits per heavy atom. The van der Waals surface area contributed by atoms with E-state index >= 15 is 0 Å². The van der Waals surface area contributed by atoms with Crippen LogP contribution in [0.3, 0.4) is 0 Å². The van der Waals surface area contributed by atoms with Crippen LogP contribution in [0, 0.1) is 5.92 Å². The number of nitrogens with two attached hydrogens (primary N) is 1. The molecule has 1 fully saturated rings. The summed E-state index contributed by atoms with van der Waals surface area (Å²) in [4.78, 5) is 0. The maximum atomic E-state index is 9.63. The van der Waals surface area contributed by atoms with Gasteiger partial charge in [-0.3, -0.25) is 0 Å². The third kappa shape index (κ3) is 3.20. The molecule has 0 saturated carbocycles. The van der Waals surface area contributed by atoms with Crippen LogP contribution in [0.2, 0.25) is 0 Å². The fraction of sp³-hybridized carbons (Fsp3) is 0.571. The summed E-state index contributed by atoms with van der Waals surface area (Å²) in [5.41, 5.74) is 8.63. The van der Waals surface area contributed by atoms with Crippen LogP contribution in [0.25, 0.3) is 0 Å². The molecule has 1 aromatic rings. The highest BCUT2D eigenvalue weighted by molar-refractivity contribution is 5.49. The average Bonchev–Trinajstić information content (AvgIpc) is 2.32. The Hall–Kier alpha value is -1.06. The van der Waals surface area contributed by atoms with E-state index in [1.54, 1.807) is 6.92 Å². The van der Waals surface area contributed by atoms with Crippen LogP contribution in [0.1, 0.15) is 37.0 Å². The monoisotopic (exact) mass is 235 g/mol.